The Kier molecular flexibility index (Phi) is 5.02. The zero-order valence-electron chi connectivity index (χ0n) is 15.4. The van der Waals surface area contributed by atoms with E-state index in [1.807, 2.05) is 62.7 Å². The molecule has 0 saturated heterocycles. The monoisotopic (exact) mass is 350 g/mol. The minimum absolute atomic E-state index is 0.00518. The lowest BCUT2D eigenvalue weighted by Gasteiger charge is -2.10. The Hall–Kier alpha value is -3.15. The van der Waals surface area contributed by atoms with Crippen molar-refractivity contribution >= 4 is 11.6 Å². The Morgan fingerprint density at radius 3 is 2.50 bits per heavy atom. The predicted octanol–water partition coefficient (Wildman–Crippen LogP) is 3.92. The van der Waals surface area contributed by atoms with Crippen LogP contribution in [0.3, 0.4) is 0 Å². The third-order valence-corrected chi connectivity index (χ3v) is 3.84. The number of carbonyl (C=O) groups excluding carboxylic acids is 1. The van der Waals surface area contributed by atoms with Crippen molar-refractivity contribution in [2.24, 2.45) is 0 Å². The summed E-state index contributed by atoms with van der Waals surface area (Å²) >= 11 is 0. The second-order valence-electron chi connectivity index (χ2n) is 6.27. The van der Waals surface area contributed by atoms with Crippen LogP contribution in [-0.4, -0.2) is 26.8 Å². The van der Waals surface area contributed by atoms with Crippen molar-refractivity contribution in [2.45, 2.75) is 33.8 Å². The van der Waals surface area contributed by atoms with Gasteiger partial charge in [0, 0.05) is 6.07 Å². The van der Waals surface area contributed by atoms with Gasteiger partial charge in [0.15, 0.2) is 0 Å². The highest BCUT2D eigenvalue weighted by Gasteiger charge is 2.17. The summed E-state index contributed by atoms with van der Waals surface area (Å²) in [5.41, 5.74) is 3.54. The first-order valence-electron chi connectivity index (χ1n) is 8.52. The molecule has 1 N–H and O–H groups in total. The lowest BCUT2D eigenvalue weighted by atomic mass is 10.2. The first kappa shape index (κ1) is 17.7. The van der Waals surface area contributed by atoms with E-state index in [9.17, 15) is 4.79 Å². The molecule has 134 valence electrons. The van der Waals surface area contributed by atoms with Crippen LogP contribution in [-0.2, 0) is 0 Å². The molecule has 6 heteroatoms. The molecule has 0 aliphatic heterocycles. The van der Waals surface area contributed by atoms with Gasteiger partial charge in [0.25, 0.3) is 5.91 Å². The zero-order valence-corrected chi connectivity index (χ0v) is 15.4. The van der Waals surface area contributed by atoms with Gasteiger partial charge in [-0.25, -0.2) is 9.67 Å². The summed E-state index contributed by atoms with van der Waals surface area (Å²) in [6, 6.07) is 15.0. The van der Waals surface area contributed by atoms with Gasteiger partial charge < -0.3 is 10.1 Å². The fraction of sp³-hybridized carbons (Fsp3) is 0.250. The summed E-state index contributed by atoms with van der Waals surface area (Å²) in [5, 5.41) is 7.47. The molecule has 0 aliphatic rings. The second-order valence-corrected chi connectivity index (χ2v) is 6.27. The number of nitrogens with zero attached hydrogens (tertiary/aromatic N) is 3. The van der Waals surface area contributed by atoms with Crippen LogP contribution in [0.15, 0.2) is 48.5 Å². The van der Waals surface area contributed by atoms with Gasteiger partial charge in [-0.15, -0.1) is 0 Å². The van der Waals surface area contributed by atoms with E-state index in [1.165, 1.54) is 0 Å². The lowest BCUT2D eigenvalue weighted by molar-refractivity contribution is 0.102. The van der Waals surface area contributed by atoms with E-state index < -0.39 is 0 Å². The maximum absolute atomic E-state index is 12.6. The van der Waals surface area contributed by atoms with Gasteiger partial charge in [0.1, 0.15) is 5.69 Å². The standard InChI is InChI=1S/C20H22N4O2/c1-13(2)26-18-12-8-11-17(21-18)20(25)22-19-14(3)23-24(15(19)4)16-9-6-5-7-10-16/h5-13H,1-4H3,(H,22,25). The first-order chi connectivity index (χ1) is 12.5. The van der Waals surface area contributed by atoms with Crippen LogP contribution in [0.25, 0.3) is 5.69 Å². The number of carbonyl (C=O) groups is 1. The molecule has 0 unspecified atom stereocenters. The SMILES string of the molecule is Cc1nn(-c2ccccc2)c(C)c1NC(=O)c1cccc(OC(C)C)n1. The van der Waals surface area contributed by atoms with Crippen LogP contribution in [0.5, 0.6) is 5.88 Å². The number of ether oxygens (including phenoxy) is 1. The summed E-state index contributed by atoms with van der Waals surface area (Å²) in [5.74, 6) is 0.138. The third-order valence-electron chi connectivity index (χ3n) is 3.84. The van der Waals surface area contributed by atoms with Crippen LogP contribution in [0.2, 0.25) is 0 Å². The van der Waals surface area contributed by atoms with Crippen molar-refractivity contribution in [3.05, 3.63) is 65.6 Å². The maximum atomic E-state index is 12.6. The van der Waals surface area contributed by atoms with Crippen LogP contribution in [0.4, 0.5) is 5.69 Å². The summed E-state index contributed by atoms with van der Waals surface area (Å²) in [7, 11) is 0. The number of pyridine rings is 1. The molecule has 3 aromatic rings. The summed E-state index contributed by atoms with van der Waals surface area (Å²) in [4.78, 5) is 16.9. The molecule has 0 bridgehead atoms. The molecule has 26 heavy (non-hydrogen) atoms. The molecule has 0 fully saturated rings. The molecular formula is C20H22N4O2. The van der Waals surface area contributed by atoms with E-state index in [0.717, 1.165) is 17.1 Å². The molecular weight excluding hydrogens is 328 g/mol. The van der Waals surface area contributed by atoms with Crippen LogP contribution >= 0.6 is 0 Å². The molecule has 0 saturated carbocycles. The zero-order chi connectivity index (χ0) is 18.7. The maximum Gasteiger partial charge on any atom is 0.274 e. The largest absolute Gasteiger partial charge is 0.475 e. The normalized spacial score (nSPS) is 10.8. The van der Waals surface area contributed by atoms with E-state index in [0.29, 0.717) is 17.3 Å². The Bertz CT molecular complexity index is 917. The second kappa shape index (κ2) is 7.39. The van der Waals surface area contributed by atoms with Crippen LogP contribution < -0.4 is 10.1 Å². The first-order valence-corrected chi connectivity index (χ1v) is 8.52. The van der Waals surface area contributed by atoms with Gasteiger partial charge in [-0.1, -0.05) is 24.3 Å². The fourth-order valence-electron chi connectivity index (χ4n) is 2.67. The van der Waals surface area contributed by atoms with Crippen molar-refractivity contribution in [3.63, 3.8) is 0 Å². The van der Waals surface area contributed by atoms with Gasteiger partial charge in [-0.2, -0.15) is 5.10 Å². The van der Waals surface area contributed by atoms with Gasteiger partial charge in [-0.3, -0.25) is 4.79 Å². The van der Waals surface area contributed by atoms with Crippen molar-refractivity contribution in [1.29, 1.82) is 0 Å². The number of amides is 1. The smallest absolute Gasteiger partial charge is 0.274 e. The highest BCUT2D eigenvalue weighted by molar-refractivity contribution is 6.03. The molecule has 0 spiro atoms. The number of hydrogen-bond donors (Lipinski definition) is 1. The third kappa shape index (κ3) is 3.74. The van der Waals surface area contributed by atoms with E-state index in [1.54, 1.807) is 18.2 Å². The molecule has 0 radical (unpaired) electrons. The Balaban J connectivity index is 1.85. The summed E-state index contributed by atoms with van der Waals surface area (Å²) < 4.78 is 7.37. The van der Waals surface area contributed by atoms with Crippen molar-refractivity contribution in [1.82, 2.24) is 14.8 Å². The molecule has 1 aromatic carbocycles. The number of hydrogen-bond acceptors (Lipinski definition) is 4. The number of aromatic nitrogens is 3. The number of benzene rings is 1. The number of anilines is 1. The Labute approximate surface area is 152 Å². The summed E-state index contributed by atoms with van der Waals surface area (Å²) in [6.45, 7) is 7.63. The highest BCUT2D eigenvalue weighted by atomic mass is 16.5. The van der Waals surface area contributed by atoms with Gasteiger partial charge in [0.05, 0.1) is 28.9 Å². The Morgan fingerprint density at radius 1 is 1.08 bits per heavy atom. The van der Waals surface area contributed by atoms with Crippen molar-refractivity contribution in [2.75, 3.05) is 5.32 Å². The number of para-hydroxylation sites is 1. The van der Waals surface area contributed by atoms with Crippen LogP contribution in [0.1, 0.15) is 35.7 Å². The molecule has 0 atom stereocenters. The fourth-order valence-corrected chi connectivity index (χ4v) is 2.67. The minimum Gasteiger partial charge on any atom is -0.475 e. The minimum atomic E-state index is -0.294. The molecule has 0 aliphatic carbocycles. The van der Waals surface area contributed by atoms with Gasteiger partial charge >= 0.3 is 0 Å². The van der Waals surface area contributed by atoms with E-state index in [4.69, 9.17) is 4.74 Å². The Morgan fingerprint density at radius 2 is 1.81 bits per heavy atom. The van der Waals surface area contributed by atoms with Crippen molar-refractivity contribution < 1.29 is 9.53 Å². The highest BCUT2D eigenvalue weighted by Crippen LogP contribution is 2.23. The van der Waals surface area contributed by atoms with E-state index >= 15 is 0 Å². The number of aryl methyl sites for hydroxylation is 1. The molecule has 2 aromatic heterocycles. The summed E-state index contributed by atoms with van der Waals surface area (Å²) in [6.07, 6.45) is -0.00518. The number of rotatable bonds is 5. The predicted molar refractivity (Wildman–Crippen MR) is 101 cm³/mol. The quantitative estimate of drug-likeness (QED) is 0.757. The molecule has 3 rings (SSSR count). The molecule has 6 nitrogen and oxygen atoms in total. The van der Waals surface area contributed by atoms with E-state index in [-0.39, 0.29) is 12.0 Å². The topological polar surface area (TPSA) is 69.0 Å². The van der Waals surface area contributed by atoms with Gasteiger partial charge in [0.2, 0.25) is 5.88 Å². The van der Waals surface area contributed by atoms with E-state index in [2.05, 4.69) is 15.4 Å². The van der Waals surface area contributed by atoms with Crippen molar-refractivity contribution in [3.8, 4) is 11.6 Å². The van der Waals surface area contributed by atoms with Gasteiger partial charge in [-0.05, 0) is 45.9 Å². The average Bonchev–Trinajstić information content (AvgIpc) is 2.90. The molecule has 2 heterocycles. The lowest BCUT2D eigenvalue weighted by Crippen LogP contribution is -2.16. The van der Waals surface area contributed by atoms with Crippen LogP contribution in [0, 0.1) is 13.8 Å². The molecule has 1 amide bonds. The number of nitrogens with one attached hydrogen (secondary N) is 1. The average molecular weight is 350 g/mol.